The SMILES string of the molecule is CCCCC[C@H](O)/C=C/C1=C(\C[C@H](O)CO)[C@H](CCCCCCC(=O)O)N[C@@H]([C@H](C)O)CC#Cc2c(CCCCO)cccc2CC1. The van der Waals surface area contributed by atoms with E-state index in [4.69, 9.17) is 5.11 Å². The van der Waals surface area contributed by atoms with Crippen molar-refractivity contribution < 1.29 is 35.4 Å². The minimum atomic E-state index is -0.967. The Morgan fingerprint density at radius 1 is 1.02 bits per heavy atom. The maximum absolute atomic E-state index is 11.0. The lowest BCUT2D eigenvalue weighted by Crippen LogP contribution is -2.46. The van der Waals surface area contributed by atoms with Gasteiger partial charge in [-0.05, 0) is 87.0 Å². The molecule has 0 fully saturated rings. The maximum atomic E-state index is 11.0. The first-order chi connectivity index (χ1) is 22.7. The van der Waals surface area contributed by atoms with Gasteiger partial charge in [-0.3, -0.25) is 4.79 Å². The minimum absolute atomic E-state index is 0.151. The molecular formula is C39H61NO7. The van der Waals surface area contributed by atoms with Gasteiger partial charge in [0, 0.05) is 37.1 Å². The van der Waals surface area contributed by atoms with E-state index in [1.807, 2.05) is 12.2 Å². The van der Waals surface area contributed by atoms with E-state index in [0.29, 0.717) is 38.5 Å². The number of aliphatic carboxylic acids is 1. The number of fused-ring (bicyclic) bond motifs is 1. The second-order valence-electron chi connectivity index (χ2n) is 13.1. The number of carboxylic acid groups (broad SMARTS) is 1. The van der Waals surface area contributed by atoms with Gasteiger partial charge in [0.1, 0.15) is 0 Å². The highest BCUT2D eigenvalue weighted by atomic mass is 16.4. The van der Waals surface area contributed by atoms with Crippen LogP contribution in [0.25, 0.3) is 0 Å². The molecule has 1 aliphatic rings. The molecule has 8 heteroatoms. The van der Waals surface area contributed by atoms with Gasteiger partial charge < -0.3 is 36.0 Å². The molecule has 5 atom stereocenters. The molecule has 0 radical (unpaired) electrons. The van der Waals surface area contributed by atoms with Crippen LogP contribution in [0.1, 0.15) is 127 Å². The summed E-state index contributed by atoms with van der Waals surface area (Å²) in [6.07, 6.45) is 13.7. The van der Waals surface area contributed by atoms with E-state index in [-0.39, 0.29) is 38.1 Å². The molecule has 0 bridgehead atoms. The summed E-state index contributed by atoms with van der Waals surface area (Å²) in [5.74, 6) is 6.00. The number of unbranched alkanes of at least 4 members (excludes halogenated alkanes) is 6. The Balaban J connectivity index is 2.61. The number of allylic oxidation sites excluding steroid dienone is 2. The van der Waals surface area contributed by atoms with Crippen molar-refractivity contribution in [1.29, 1.82) is 0 Å². The van der Waals surface area contributed by atoms with E-state index in [1.54, 1.807) is 6.92 Å². The molecule has 0 aliphatic carbocycles. The first-order valence-electron chi connectivity index (χ1n) is 17.9. The van der Waals surface area contributed by atoms with Crippen molar-refractivity contribution in [1.82, 2.24) is 5.32 Å². The standard InChI is InChI=1S/C39H61NO7/c1-3-4-7-17-33(44)25-24-32-23-22-31-16-12-15-30(14-10-11-26-41)35(31)18-13-20-37(29(2)43)40-38(36(32)27-34(45)28-42)19-8-5-6-9-21-39(46)47/h12,15-16,24-25,29,33-34,37-38,40-45H,3-11,14,17,19-23,26-28H2,1-2H3,(H,46,47)/b25-24+,36-32+/t29-,33-,34-,37+,38-/m0/s1. The quantitative estimate of drug-likeness (QED) is 0.0691. The number of aryl methyl sites for hydroxylation is 2. The Bertz CT molecular complexity index is 1170. The molecule has 0 unspecified atom stereocenters. The Morgan fingerprint density at radius 3 is 2.51 bits per heavy atom. The molecule has 0 saturated heterocycles. The van der Waals surface area contributed by atoms with Gasteiger partial charge in [-0.1, -0.05) is 87.6 Å². The number of hydrogen-bond acceptors (Lipinski definition) is 7. The van der Waals surface area contributed by atoms with Gasteiger partial charge in [0.25, 0.3) is 0 Å². The van der Waals surface area contributed by atoms with Crippen LogP contribution in [0.3, 0.4) is 0 Å². The van der Waals surface area contributed by atoms with Crippen molar-refractivity contribution in [3.8, 4) is 11.8 Å². The molecule has 1 heterocycles. The van der Waals surface area contributed by atoms with E-state index < -0.39 is 24.3 Å². The van der Waals surface area contributed by atoms with Crippen molar-refractivity contribution in [3.63, 3.8) is 0 Å². The van der Waals surface area contributed by atoms with Crippen LogP contribution in [-0.4, -0.2) is 80.2 Å². The van der Waals surface area contributed by atoms with Gasteiger partial charge in [0.2, 0.25) is 0 Å². The third kappa shape index (κ3) is 16.0. The highest BCUT2D eigenvalue weighted by Crippen LogP contribution is 2.28. The van der Waals surface area contributed by atoms with Crippen LogP contribution in [0, 0.1) is 11.8 Å². The number of carboxylic acids is 1. The zero-order chi connectivity index (χ0) is 34.4. The average molecular weight is 656 g/mol. The number of benzene rings is 1. The smallest absolute Gasteiger partial charge is 0.303 e. The molecular weight excluding hydrogens is 594 g/mol. The van der Waals surface area contributed by atoms with Crippen LogP contribution in [0.15, 0.2) is 41.5 Å². The molecule has 0 saturated carbocycles. The lowest BCUT2D eigenvalue weighted by atomic mass is 9.86. The molecule has 264 valence electrons. The number of rotatable bonds is 21. The summed E-state index contributed by atoms with van der Waals surface area (Å²) in [5, 5.41) is 64.5. The molecule has 47 heavy (non-hydrogen) atoms. The van der Waals surface area contributed by atoms with Crippen LogP contribution in [0.2, 0.25) is 0 Å². The van der Waals surface area contributed by atoms with Crippen molar-refractivity contribution in [3.05, 3.63) is 58.2 Å². The molecule has 1 aromatic rings. The van der Waals surface area contributed by atoms with Gasteiger partial charge in [-0.15, -0.1) is 0 Å². The minimum Gasteiger partial charge on any atom is -0.481 e. The van der Waals surface area contributed by atoms with Crippen molar-refractivity contribution in [2.75, 3.05) is 13.2 Å². The fraction of sp³-hybridized carbons (Fsp3) is 0.667. The fourth-order valence-electron chi connectivity index (χ4n) is 6.23. The molecule has 8 nitrogen and oxygen atoms in total. The summed E-state index contributed by atoms with van der Waals surface area (Å²) in [6.45, 7) is 3.66. The number of hydrogen-bond donors (Lipinski definition) is 7. The number of carbonyl (C=O) groups is 1. The van der Waals surface area contributed by atoms with E-state index in [0.717, 1.165) is 85.6 Å². The number of aliphatic hydroxyl groups is 5. The Morgan fingerprint density at radius 2 is 1.81 bits per heavy atom. The van der Waals surface area contributed by atoms with Crippen LogP contribution in [0.5, 0.6) is 0 Å². The number of nitrogens with one attached hydrogen (secondary N) is 1. The Kier molecular flexibility index (Phi) is 20.6. The summed E-state index contributed by atoms with van der Waals surface area (Å²) in [5.41, 5.74) is 5.20. The molecule has 2 rings (SSSR count). The van der Waals surface area contributed by atoms with Crippen molar-refractivity contribution in [2.24, 2.45) is 0 Å². The van der Waals surface area contributed by atoms with Gasteiger partial charge in [-0.2, -0.15) is 0 Å². The molecule has 7 N–H and O–H groups in total. The van der Waals surface area contributed by atoms with Crippen LogP contribution < -0.4 is 5.32 Å². The van der Waals surface area contributed by atoms with Gasteiger partial charge in [0.05, 0.1) is 24.9 Å². The summed E-state index contributed by atoms with van der Waals surface area (Å²) in [6, 6.07) is 5.68. The topological polar surface area (TPSA) is 150 Å². The predicted molar refractivity (Wildman–Crippen MR) is 188 cm³/mol. The van der Waals surface area contributed by atoms with Crippen molar-refractivity contribution >= 4 is 5.97 Å². The van der Waals surface area contributed by atoms with Crippen LogP contribution >= 0.6 is 0 Å². The summed E-state index contributed by atoms with van der Waals surface area (Å²) in [4.78, 5) is 11.0. The third-order valence-electron chi connectivity index (χ3n) is 9.04. The molecule has 1 aliphatic heterocycles. The molecule has 0 spiro atoms. The second-order valence-corrected chi connectivity index (χ2v) is 13.1. The highest BCUT2D eigenvalue weighted by molar-refractivity contribution is 5.66. The van der Waals surface area contributed by atoms with E-state index in [2.05, 4.69) is 42.3 Å². The Hall–Kier alpha value is -2.51. The van der Waals surface area contributed by atoms with Crippen LogP contribution in [0.4, 0.5) is 0 Å². The zero-order valence-electron chi connectivity index (χ0n) is 28.8. The van der Waals surface area contributed by atoms with Crippen LogP contribution in [-0.2, 0) is 17.6 Å². The summed E-state index contributed by atoms with van der Waals surface area (Å²) < 4.78 is 0. The monoisotopic (exact) mass is 655 g/mol. The molecule has 0 aromatic heterocycles. The molecule has 1 aromatic carbocycles. The molecule has 0 amide bonds. The lowest BCUT2D eigenvalue weighted by molar-refractivity contribution is -0.137. The zero-order valence-corrected chi connectivity index (χ0v) is 28.8. The van der Waals surface area contributed by atoms with E-state index in [1.165, 1.54) is 0 Å². The summed E-state index contributed by atoms with van der Waals surface area (Å²) in [7, 11) is 0. The van der Waals surface area contributed by atoms with E-state index >= 15 is 0 Å². The van der Waals surface area contributed by atoms with Crippen molar-refractivity contribution in [2.45, 2.75) is 153 Å². The number of aliphatic hydroxyl groups excluding tert-OH is 5. The lowest BCUT2D eigenvalue weighted by Gasteiger charge is -2.31. The van der Waals surface area contributed by atoms with Gasteiger partial charge in [-0.25, -0.2) is 0 Å². The summed E-state index contributed by atoms with van der Waals surface area (Å²) >= 11 is 0. The van der Waals surface area contributed by atoms with E-state index in [9.17, 15) is 30.3 Å². The fourth-order valence-corrected chi connectivity index (χ4v) is 6.23. The highest BCUT2D eigenvalue weighted by Gasteiger charge is 2.26. The van der Waals surface area contributed by atoms with Gasteiger partial charge in [0.15, 0.2) is 0 Å². The maximum Gasteiger partial charge on any atom is 0.303 e. The second kappa shape index (κ2) is 23.8. The normalized spacial score (nSPS) is 20.8. The first kappa shape index (κ1) is 40.7. The van der Waals surface area contributed by atoms with Gasteiger partial charge >= 0.3 is 5.97 Å². The largest absolute Gasteiger partial charge is 0.481 e. The first-order valence-corrected chi connectivity index (χ1v) is 17.9. The average Bonchev–Trinajstić information content (AvgIpc) is 3.04. The predicted octanol–water partition coefficient (Wildman–Crippen LogP) is 5.36. The third-order valence-corrected chi connectivity index (χ3v) is 9.04. The Labute approximate surface area is 283 Å².